The van der Waals surface area contributed by atoms with Gasteiger partial charge in [0, 0.05) is 18.1 Å². The molecule has 0 aliphatic rings. The minimum atomic E-state index is -0.110. The molecule has 0 saturated carbocycles. The van der Waals surface area contributed by atoms with Crippen LogP contribution in [0.4, 0.5) is 5.13 Å². The number of carbonyl (C=O) groups excluding carboxylic acids is 1. The summed E-state index contributed by atoms with van der Waals surface area (Å²) in [5, 5.41) is 7.42. The summed E-state index contributed by atoms with van der Waals surface area (Å²) >= 11 is 3.08. The lowest BCUT2D eigenvalue weighted by molar-refractivity contribution is 0.101. The predicted octanol–water partition coefficient (Wildman–Crippen LogP) is 4.65. The maximum Gasteiger partial charge on any atom is 0.274 e. The Hall–Kier alpha value is -2.44. The topological polar surface area (TPSA) is 46.9 Å². The third kappa shape index (κ3) is 2.98. The van der Waals surface area contributed by atoms with Crippen molar-refractivity contribution in [3.63, 3.8) is 0 Å². The minimum absolute atomic E-state index is 0.110. The zero-order valence-corrected chi connectivity index (χ0v) is 14.4. The lowest BCUT2D eigenvalue weighted by Crippen LogP contribution is -2.17. The van der Waals surface area contributed by atoms with Gasteiger partial charge in [-0.2, -0.15) is 0 Å². The molecule has 0 aliphatic carbocycles. The zero-order chi connectivity index (χ0) is 16.4. The number of nitrogens with one attached hydrogen (secondary N) is 1. The highest BCUT2D eigenvalue weighted by molar-refractivity contribution is 7.17. The number of thiazole rings is 1. The number of amides is 1. The van der Waals surface area contributed by atoms with E-state index in [2.05, 4.69) is 38.4 Å². The van der Waals surface area contributed by atoms with Crippen LogP contribution in [-0.2, 0) is 13.0 Å². The molecular weight excluding hydrogens is 338 g/mol. The van der Waals surface area contributed by atoms with Gasteiger partial charge in [-0.3, -0.25) is 10.1 Å². The van der Waals surface area contributed by atoms with Gasteiger partial charge in [-0.15, -0.1) is 22.7 Å². The third-order valence-electron chi connectivity index (χ3n) is 3.88. The number of fused-ring (bicyclic) bond motifs is 1. The molecule has 120 valence electrons. The van der Waals surface area contributed by atoms with Crippen molar-refractivity contribution in [3.05, 3.63) is 70.7 Å². The lowest BCUT2D eigenvalue weighted by Gasteiger charge is -2.10. The van der Waals surface area contributed by atoms with Crippen molar-refractivity contribution >= 4 is 43.9 Å². The predicted molar refractivity (Wildman–Crippen MR) is 100 cm³/mol. The van der Waals surface area contributed by atoms with E-state index in [-0.39, 0.29) is 5.91 Å². The Labute approximate surface area is 147 Å². The van der Waals surface area contributed by atoms with Crippen LogP contribution < -0.4 is 5.32 Å². The van der Waals surface area contributed by atoms with Gasteiger partial charge in [0.05, 0.1) is 10.2 Å². The first-order valence-electron chi connectivity index (χ1n) is 7.63. The standard InChI is InChI=1S/C18H15N3OS2/c22-17(20-18-19-8-11-24-18)15-12-16-14(7-10-23-16)21(15)9-6-13-4-2-1-3-5-13/h1-5,7-8,10-12H,6,9H2,(H,19,20,22). The van der Waals surface area contributed by atoms with Crippen LogP contribution in [0, 0.1) is 0 Å². The lowest BCUT2D eigenvalue weighted by atomic mass is 10.1. The summed E-state index contributed by atoms with van der Waals surface area (Å²) in [6.07, 6.45) is 2.57. The number of hydrogen-bond donors (Lipinski definition) is 1. The van der Waals surface area contributed by atoms with Gasteiger partial charge < -0.3 is 4.57 Å². The fourth-order valence-electron chi connectivity index (χ4n) is 2.74. The van der Waals surface area contributed by atoms with E-state index in [4.69, 9.17) is 0 Å². The highest BCUT2D eigenvalue weighted by Crippen LogP contribution is 2.26. The Morgan fingerprint density at radius 1 is 1.12 bits per heavy atom. The summed E-state index contributed by atoms with van der Waals surface area (Å²) in [7, 11) is 0. The molecule has 1 amide bonds. The van der Waals surface area contributed by atoms with E-state index in [0.29, 0.717) is 10.8 Å². The molecule has 0 fully saturated rings. The second-order valence-electron chi connectivity index (χ2n) is 5.38. The Bertz CT molecular complexity index is 955. The van der Waals surface area contributed by atoms with E-state index in [1.165, 1.54) is 16.9 Å². The van der Waals surface area contributed by atoms with Crippen molar-refractivity contribution < 1.29 is 4.79 Å². The normalized spacial score (nSPS) is 11.0. The molecule has 1 N–H and O–H groups in total. The Morgan fingerprint density at radius 3 is 2.79 bits per heavy atom. The molecule has 0 radical (unpaired) electrons. The number of aromatic nitrogens is 2. The zero-order valence-electron chi connectivity index (χ0n) is 12.8. The first kappa shape index (κ1) is 15.1. The molecule has 3 heterocycles. The summed E-state index contributed by atoms with van der Waals surface area (Å²) in [4.78, 5) is 16.8. The van der Waals surface area contributed by atoms with E-state index < -0.39 is 0 Å². The van der Waals surface area contributed by atoms with Gasteiger partial charge in [0.2, 0.25) is 0 Å². The van der Waals surface area contributed by atoms with Gasteiger partial charge in [-0.25, -0.2) is 4.98 Å². The van der Waals surface area contributed by atoms with Crippen LogP contribution in [-0.4, -0.2) is 15.5 Å². The molecule has 0 unspecified atom stereocenters. The first-order chi connectivity index (χ1) is 11.8. The number of anilines is 1. The van der Waals surface area contributed by atoms with Crippen LogP contribution in [0.2, 0.25) is 0 Å². The number of carbonyl (C=O) groups is 1. The number of thiophene rings is 1. The Kier molecular flexibility index (Phi) is 4.15. The van der Waals surface area contributed by atoms with Gasteiger partial charge in [0.1, 0.15) is 5.69 Å². The van der Waals surface area contributed by atoms with E-state index >= 15 is 0 Å². The van der Waals surface area contributed by atoms with E-state index in [9.17, 15) is 4.79 Å². The van der Waals surface area contributed by atoms with Crippen LogP contribution in [0.5, 0.6) is 0 Å². The van der Waals surface area contributed by atoms with E-state index in [0.717, 1.165) is 23.2 Å². The van der Waals surface area contributed by atoms with E-state index in [1.54, 1.807) is 17.5 Å². The van der Waals surface area contributed by atoms with Gasteiger partial charge in [0.15, 0.2) is 5.13 Å². The number of nitrogens with zero attached hydrogens (tertiary/aromatic N) is 2. The fraction of sp³-hybridized carbons (Fsp3) is 0.111. The largest absolute Gasteiger partial charge is 0.335 e. The van der Waals surface area contributed by atoms with Crippen LogP contribution in [0.25, 0.3) is 10.2 Å². The first-order valence-corrected chi connectivity index (χ1v) is 9.39. The quantitative estimate of drug-likeness (QED) is 0.567. The molecule has 1 aromatic carbocycles. The smallest absolute Gasteiger partial charge is 0.274 e. The molecule has 6 heteroatoms. The summed E-state index contributed by atoms with van der Waals surface area (Å²) in [6.45, 7) is 0.769. The molecular formula is C18H15N3OS2. The molecule has 3 aromatic heterocycles. The molecule has 4 aromatic rings. The monoisotopic (exact) mass is 353 g/mol. The maximum atomic E-state index is 12.7. The molecule has 24 heavy (non-hydrogen) atoms. The SMILES string of the molecule is O=C(Nc1nccs1)c1cc2sccc2n1CCc1ccccc1. The second-order valence-corrected chi connectivity index (χ2v) is 7.22. The van der Waals surface area contributed by atoms with Crippen molar-refractivity contribution in [2.75, 3.05) is 5.32 Å². The Balaban J connectivity index is 1.62. The number of hydrogen-bond acceptors (Lipinski definition) is 4. The van der Waals surface area contributed by atoms with Crippen molar-refractivity contribution in [2.24, 2.45) is 0 Å². The summed E-state index contributed by atoms with van der Waals surface area (Å²) in [6, 6.07) is 14.4. The number of benzene rings is 1. The number of rotatable bonds is 5. The second kappa shape index (κ2) is 6.59. The number of aryl methyl sites for hydroxylation is 2. The maximum absolute atomic E-state index is 12.7. The molecule has 0 atom stereocenters. The van der Waals surface area contributed by atoms with E-state index in [1.807, 2.05) is 29.6 Å². The highest BCUT2D eigenvalue weighted by Gasteiger charge is 2.17. The van der Waals surface area contributed by atoms with Gasteiger partial charge in [-0.05, 0) is 29.5 Å². The highest BCUT2D eigenvalue weighted by atomic mass is 32.1. The van der Waals surface area contributed by atoms with Crippen molar-refractivity contribution in [2.45, 2.75) is 13.0 Å². The average Bonchev–Trinajstić information content (AvgIpc) is 3.31. The average molecular weight is 353 g/mol. The molecule has 4 nitrogen and oxygen atoms in total. The Morgan fingerprint density at radius 2 is 2.00 bits per heavy atom. The van der Waals surface area contributed by atoms with Gasteiger partial charge >= 0.3 is 0 Å². The van der Waals surface area contributed by atoms with Crippen LogP contribution in [0.3, 0.4) is 0 Å². The molecule has 0 spiro atoms. The van der Waals surface area contributed by atoms with Crippen molar-refractivity contribution in [1.29, 1.82) is 0 Å². The fourth-order valence-corrected chi connectivity index (χ4v) is 4.08. The molecule has 0 bridgehead atoms. The van der Waals surface area contributed by atoms with Crippen molar-refractivity contribution in [3.8, 4) is 0 Å². The minimum Gasteiger partial charge on any atom is -0.335 e. The summed E-state index contributed by atoms with van der Waals surface area (Å²) in [5.41, 5.74) is 3.06. The third-order valence-corrected chi connectivity index (χ3v) is 5.42. The van der Waals surface area contributed by atoms with Gasteiger partial charge in [0.25, 0.3) is 5.91 Å². The molecule has 0 aliphatic heterocycles. The summed E-state index contributed by atoms with van der Waals surface area (Å²) < 4.78 is 3.23. The summed E-state index contributed by atoms with van der Waals surface area (Å²) in [5.74, 6) is -0.110. The van der Waals surface area contributed by atoms with Crippen LogP contribution in [0.15, 0.2) is 59.4 Å². The van der Waals surface area contributed by atoms with Crippen LogP contribution in [0.1, 0.15) is 16.1 Å². The van der Waals surface area contributed by atoms with Gasteiger partial charge in [-0.1, -0.05) is 30.3 Å². The van der Waals surface area contributed by atoms with Crippen molar-refractivity contribution in [1.82, 2.24) is 9.55 Å². The molecule has 0 saturated heterocycles. The molecule has 4 rings (SSSR count). The van der Waals surface area contributed by atoms with Crippen LogP contribution >= 0.6 is 22.7 Å².